The third-order valence-corrected chi connectivity index (χ3v) is 5.54. The number of nitrogens with zero attached hydrogens (tertiary/aromatic N) is 2. The van der Waals surface area contributed by atoms with Gasteiger partial charge in [-0.2, -0.15) is 5.10 Å². The zero-order chi connectivity index (χ0) is 26.9. The molecule has 0 bridgehead atoms. The maximum absolute atomic E-state index is 14.1. The van der Waals surface area contributed by atoms with Gasteiger partial charge in [-0.15, -0.1) is 0 Å². The van der Waals surface area contributed by atoms with Crippen LogP contribution in [0.3, 0.4) is 0 Å². The Morgan fingerprint density at radius 3 is 2.30 bits per heavy atom. The summed E-state index contributed by atoms with van der Waals surface area (Å²) in [6.07, 6.45) is 0. The number of hydrogen-bond donors (Lipinski definition) is 1. The summed E-state index contributed by atoms with van der Waals surface area (Å²) in [5.41, 5.74) is -0.378. The van der Waals surface area contributed by atoms with Gasteiger partial charge in [0.1, 0.15) is 23.9 Å². The molecule has 0 spiro atoms. The molecular formula is C25H20F5N3O4. The summed E-state index contributed by atoms with van der Waals surface area (Å²) in [6, 6.07) is 9.93. The number of halogens is 5. The van der Waals surface area contributed by atoms with Crippen molar-refractivity contribution in [2.24, 2.45) is 0 Å². The Morgan fingerprint density at radius 1 is 0.973 bits per heavy atom. The van der Waals surface area contributed by atoms with E-state index in [0.717, 1.165) is 4.68 Å². The third-order valence-electron chi connectivity index (χ3n) is 5.54. The monoisotopic (exact) mass is 521 g/mol. The Morgan fingerprint density at radius 2 is 1.62 bits per heavy atom. The van der Waals surface area contributed by atoms with Gasteiger partial charge < -0.3 is 19.2 Å². The quantitative estimate of drug-likeness (QED) is 0.184. The Kier molecular flexibility index (Phi) is 7.18. The second-order valence-corrected chi connectivity index (χ2v) is 7.94. The van der Waals surface area contributed by atoms with Gasteiger partial charge in [0.25, 0.3) is 5.91 Å². The van der Waals surface area contributed by atoms with Gasteiger partial charge in [0.15, 0.2) is 29.0 Å². The first kappa shape index (κ1) is 25.7. The topological polar surface area (TPSA) is 78.5 Å². The SMILES string of the molecule is COc1cccc(OCc2ccc(C(=O)Nc3c(C)nn(Cc4c(F)c(F)c(F)c(F)c4F)c3C)o2)c1. The highest BCUT2D eigenvalue weighted by atomic mass is 19.2. The molecule has 0 aliphatic carbocycles. The number of hydrogen-bond acceptors (Lipinski definition) is 5. The van der Waals surface area contributed by atoms with Crippen molar-refractivity contribution in [1.29, 1.82) is 0 Å². The molecule has 2 heterocycles. The second kappa shape index (κ2) is 10.3. The number of aromatic nitrogens is 2. The summed E-state index contributed by atoms with van der Waals surface area (Å²) in [5, 5.41) is 6.66. The standard InChI is InChI=1S/C25H20F5N3O4/c1-12-24(13(2)33(32-12)10-17-19(26)21(28)23(30)22(29)20(17)27)31-25(34)18-8-7-16(37-18)11-36-15-6-4-5-14(9-15)35-3/h4-9H,10-11H2,1-3H3,(H,31,34). The number of nitrogens with one attached hydrogen (secondary N) is 1. The molecule has 0 radical (unpaired) electrons. The Labute approximate surface area is 207 Å². The van der Waals surface area contributed by atoms with Crippen LogP contribution < -0.4 is 14.8 Å². The average Bonchev–Trinajstić information content (AvgIpc) is 3.48. The zero-order valence-corrected chi connectivity index (χ0v) is 19.8. The lowest BCUT2D eigenvalue weighted by Gasteiger charge is -2.10. The van der Waals surface area contributed by atoms with Crippen LogP contribution in [-0.2, 0) is 13.2 Å². The lowest BCUT2D eigenvalue weighted by Crippen LogP contribution is -2.14. The third kappa shape index (κ3) is 5.13. The highest BCUT2D eigenvalue weighted by Crippen LogP contribution is 2.27. The molecule has 0 unspecified atom stereocenters. The van der Waals surface area contributed by atoms with Crippen LogP contribution in [0.15, 0.2) is 40.8 Å². The average molecular weight is 521 g/mol. The molecule has 4 rings (SSSR count). The van der Waals surface area contributed by atoms with Crippen LogP contribution in [0.5, 0.6) is 11.5 Å². The van der Waals surface area contributed by atoms with Gasteiger partial charge in [0.05, 0.1) is 36.3 Å². The van der Waals surface area contributed by atoms with Crippen molar-refractivity contribution in [2.45, 2.75) is 27.0 Å². The number of carbonyl (C=O) groups is 1. The van der Waals surface area contributed by atoms with E-state index < -0.39 is 47.1 Å². The molecule has 2 aromatic carbocycles. The minimum atomic E-state index is -2.24. The first-order valence-electron chi connectivity index (χ1n) is 10.8. The highest BCUT2D eigenvalue weighted by molar-refractivity contribution is 6.02. The van der Waals surface area contributed by atoms with Crippen LogP contribution in [0.1, 0.15) is 33.3 Å². The lowest BCUT2D eigenvalue weighted by atomic mass is 10.1. The van der Waals surface area contributed by atoms with Crippen LogP contribution in [0.25, 0.3) is 0 Å². The Bertz CT molecular complexity index is 1450. The summed E-state index contributed by atoms with van der Waals surface area (Å²) in [5.74, 6) is -9.42. The largest absolute Gasteiger partial charge is 0.497 e. The maximum Gasteiger partial charge on any atom is 0.291 e. The predicted molar refractivity (Wildman–Crippen MR) is 121 cm³/mol. The number of benzene rings is 2. The fourth-order valence-corrected chi connectivity index (χ4v) is 3.57. The molecule has 4 aromatic rings. The first-order chi connectivity index (χ1) is 17.6. The van der Waals surface area contributed by atoms with Crippen LogP contribution in [0.2, 0.25) is 0 Å². The molecule has 0 aliphatic rings. The molecule has 1 N–H and O–H groups in total. The highest BCUT2D eigenvalue weighted by Gasteiger charge is 2.27. The molecule has 194 valence electrons. The molecule has 0 atom stereocenters. The Hall–Kier alpha value is -4.35. The molecule has 0 saturated carbocycles. The number of amides is 1. The van der Waals surface area contributed by atoms with E-state index in [9.17, 15) is 26.7 Å². The molecular weight excluding hydrogens is 501 g/mol. The van der Waals surface area contributed by atoms with Crippen molar-refractivity contribution in [3.63, 3.8) is 0 Å². The first-order valence-corrected chi connectivity index (χ1v) is 10.8. The maximum atomic E-state index is 14.1. The fraction of sp³-hybridized carbons (Fsp3) is 0.200. The number of ether oxygens (including phenoxy) is 2. The van der Waals surface area contributed by atoms with Crippen LogP contribution in [-0.4, -0.2) is 22.8 Å². The van der Waals surface area contributed by atoms with Crippen molar-refractivity contribution in [3.8, 4) is 11.5 Å². The van der Waals surface area contributed by atoms with Gasteiger partial charge in [-0.1, -0.05) is 6.07 Å². The minimum Gasteiger partial charge on any atom is -0.497 e. The van der Waals surface area contributed by atoms with Crippen molar-refractivity contribution in [2.75, 3.05) is 12.4 Å². The molecule has 7 nitrogen and oxygen atoms in total. The van der Waals surface area contributed by atoms with Gasteiger partial charge in [0, 0.05) is 6.07 Å². The minimum absolute atomic E-state index is 0.0400. The molecule has 12 heteroatoms. The number of anilines is 1. The summed E-state index contributed by atoms with van der Waals surface area (Å²) in [6.45, 7) is 2.27. The molecule has 37 heavy (non-hydrogen) atoms. The second-order valence-electron chi connectivity index (χ2n) is 7.94. The van der Waals surface area contributed by atoms with E-state index >= 15 is 0 Å². The van der Waals surface area contributed by atoms with Crippen LogP contribution >= 0.6 is 0 Å². The number of aryl methyl sites for hydroxylation is 1. The van der Waals surface area contributed by atoms with Crippen LogP contribution in [0.4, 0.5) is 27.6 Å². The van der Waals surface area contributed by atoms with Crippen molar-refractivity contribution < 1.29 is 40.6 Å². The van der Waals surface area contributed by atoms with Gasteiger partial charge in [-0.3, -0.25) is 9.48 Å². The van der Waals surface area contributed by atoms with Gasteiger partial charge >= 0.3 is 0 Å². The van der Waals surface area contributed by atoms with E-state index in [2.05, 4.69) is 10.4 Å². The molecule has 0 aliphatic heterocycles. The molecule has 0 fully saturated rings. The van der Waals surface area contributed by atoms with E-state index in [1.807, 2.05) is 0 Å². The molecule has 0 saturated heterocycles. The Balaban J connectivity index is 1.47. The fourth-order valence-electron chi connectivity index (χ4n) is 3.57. The van der Waals surface area contributed by atoms with Crippen molar-refractivity contribution in [3.05, 3.63) is 94.0 Å². The van der Waals surface area contributed by atoms with Crippen LogP contribution in [0, 0.1) is 42.9 Å². The van der Waals surface area contributed by atoms with Gasteiger partial charge in [0.2, 0.25) is 5.82 Å². The number of rotatable bonds is 8. The van der Waals surface area contributed by atoms with E-state index in [-0.39, 0.29) is 29.4 Å². The lowest BCUT2D eigenvalue weighted by molar-refractivity contribution is 0.0992. The van der Waals surface area contributed by atoms with Gasteiger partial charge in [-0.25, -0.2) is 22.0 Å². The van der Waals surface area contributed by atoms with Crippen molar-refractivity contribution in [1.82, 2.24) is 9.78 Å². The number of furan rings is 1. The number of methoxy groups -OCH3 is 1. The smallest absolute Gasteiger partial charge is 0.291 e. The van der Waals surface area contributed by atoms with E-state index in [4.69, 9.17) is 13.9 Å². The molecule has 1 amide bonds. The summed E-state index contributed by atoms with van der Waals surface area (Å²) >= 11 is 0. The van der Waals surface area contributed by atoms with E-state index in [1.54, 1.807) is 30.3 Å². The zero-order valence-electron chi connectivity index (χ0n) is 19.8. The predicted octanol–water partition coefficient (Wildman–Crippen LogP) is 5.68. The molecule has 2 aromatic heterocycles. The normalized spacial score (nSPS) is 11.0. The summed E-state index contributed by atoms with van der Waals surface area (Å²) in [4.78, 5) is 12.7. The van der Waals surface area contributed by atoms with Gasteiger partial charge in [-0.05, 0) is 38.1 Å². The summed E-state index contributed by atoms with van der Waals surface area (Å²) < 4.78 is 86.0. The van der Waals surface area contributed by atoms with E-state index in [1.165, 1.54) is 27.0 Å². The number of carbonyl (C=O) groups excluding carboxylic acids is 1. The van der Waals surface area contributed by atoms with E-state index in [0.29, 0.717) is 17.3 Å². The van der Waals surface area contributed by atoms with Crippen molar-refractivity contribution >= 4 is 11.6 Å². The summed E-state index contributed by atoms with van der Waals surface area (Å²) in [7, 11) is 1.53.